The molecule has 6 rings (SSSR count). The number of hydrogen-bond donors (Lipinski definition) is 2. The second kappa shape index (κ2) is 9.75. The van der Waals surface area contributed by atoms with Crippen LogP contribution in [0.4, 0.5) is 11.5 Å². The maximum Gasteiger partial charge on any atom is 0.225 e. The minimum absolute atomic E-state index is 0.0975. The Balaban J connectivity index is 1.17. The van der Waals surface area contributed by atoms with Gasteiger partial charge in [-0.3, -0.25) is 9.78 Å². The Morgan fingerprint density at radius 2 is 1.89 bits per heavy atom. The molecule has 0 radical (unpaired) electrons. The van der Waals surface area contributed by atoms with E-state index in [-0.39, 0.29) is 6.10 Å². The highest BCUT2D eigenvalue weighted by Crippen LogP contribution is 2.32. The number of ether oxygens (including phenoxy) is 1. The molecule has 2 aliphatic heterocycles. The first-order valence-corrected chi connectivity index (χ1v) is 12.6. The molecule has 4 heterocycles. The molecule has 35 heavy (non-hydrogen) atoms. The number of anilines is 2. The number of hydrogen-bond acceptors (Lipinski definition) is 8. The summed E-state index contributed by atoms with van der Waals surface area (Å²) in [6.45, 7) is 6.43. The van der Waals surface area contributed by atoms with Gasteiger partial charge in [-0.1, -0.05) is 12.1 Å². The first kappa shape index (κ1) is 22.2. The first-order chi connectivity index (χ1) is 17.2. The Kier molecular flexibility index (Phi) is 6.18. The molecule has 1 unspecified atom stereocenters. The summed E-state index contributed by atoms with van der Waals surface area (Å²) in [4.78, 5) is 30.7. The Hall–Kier alpha value is -3.30. The zero-order valence-corrected chi connectivity index (χ0v) is 19.8. The van der Waals surface area contributed by atoms with Gasteiger partial charge in [0.1, 0.15) is 5.52 Å². The fraction of sp³-hybridized carbons (Fsp3) is 0.462. The van der Waals surface area contributed by atoms with Crippen LogP contribution in [0.2, 0.25) is 0 Å². The molecule has 0 spiro atoms. The number of aromatic nitrogens is 3. The smallest absolute Gasteiger partial charge is 0.225 e. The number of benzene rings is 1. The highest BCUT2D eigenvalue weighted by Gasteiger charge is 2.34. The van der Waals surface area contributed by atoms with Crippen LogP contribution >= 0.6 is 0 Å². The number of amides is 1. The first-order valence-electron chi connectivity index (χ1n) is 12.6. The van der Waals surface area contributed by atoms with Crippen LogP contribution in [-0.2, 0) is 9.53 Å². The summed E-state index contributed by atoms with van der Waals surface area (Å²) >= 11 is 0. The molecule has 9 heteroatoms. The van der Waals surface area contributed by atoms with Crippen molar-refractivity contribution in [1.29, 1.82) is 0 Å². The van der Waals surface area contributed by atoms with E-state index < -0.39 is 0 Å². The third-order valence-corrected chi connectivity index (χ3v) is 7.00. The number of fused-ring (bicyclic) bond motifs is 1. The number of pyridine rings is 1. The van der Waals surface area contributed by atoms with Gasteiger partial charge < -0.3 is 25.2 Å². The minimum atomic E-state index is 0.0975. The molecule has 3 aromatic rings. The molecule has 3 fully saturated rings. The van der Waals surface area contributed by atoms with Crippen LogP contribution in [0.5, 0.6) is 0 Å². The quantitative estimate of drug-likeness (QED) is 0.562. The molecule has 1 atom stereocenters. The van der Waals surface area contributed by atoms with E-state index in [0.29, 0.717) is 18.4 Å². The molecular formula is C26H31N7O2. The van der Waals surface area contributed by atoms with Crippen LogP contribution in [0.25, 0.3) is 22.3 Å². The zero-order chi connectivity index (χ0) is 23.6. The maximum atomic E-state index is 12.3. The van der Waals surface area contributed by atoms with E-state index in [0.717, 1.165) is 86.8 Å². The van der Waals surface area contributed by atoms with Crippen LogP contribution < -0.4 is 15.5 Å². The number of piperazine rings is 1. The highest BCUT2D eigenvalue weighted by molar-refractivity contribution is 5.88. The largest absolute Gasteiger partial charge is 0.374 e. The zero-order valence-electron chi connectivity index (χ0n) is 19.8. The van der Waals surface area contributed by atoms with E-state index in [9.17, 15) is 4.79 Å². The second-order valence-corrected chi connectivity index (χ2v) is 9.49. The standard InChI is InChI=1S/C26H31N7O2/c34-26(19-1-2-19)33-12-10-32(11-13-33)20-5-3-18(4-6-20)22-15-23-24(29-8-7-28-23)25(31-22)30-17-21-16-27-9-14-35-21/h3-8,15,19,21,27H,1-2,9-14,16-17H2,(H,30,31). The summed E-state index contributed by atoms with van der Waals surface area (Å²) in [5.74, 6) is 1.37. The second-order valence-electron chi connectivity index (χ2n) is 9.49. The van der Waals surface area contributed by atoms with Crippen molar-refractivity contribution in [3.05, 3.63) is 42.7 Å². The van der Waals surface area contributed by atoms with Crippen molar-refractivity contribution in [3.63, 3.8) is 0 Å². The Labute approximate surface area is 204 Å². The molecule has 9 nitrogen and oxygen atoms in total. The number of nitrogens with zero attached hydrogens (tertiary/aromatic N) is 5. The number of rotatable bonds is 6. The van der Waals surface area contributed by atoms with Crippen LogP contribution in [0.1, 0.15) is 12.8 Å². The van der Waals surface area contributed by atoms with Gasteiger partial charge in [-0.15, -0.1) is 0 Å². The van der Waals surface area contributed by atoms with Crippen molar-refractivity contribution in [1.82, 2.24) is 25.2 Å². The van der Waals surface area contributed by atoms with Gasteiger partial charge >= 0.3 is 0 Å². The van der Waals surface area contributed by atoms with Crippen molar-refractivity contribution in [3.8, 4) is 11.3 Å². The number of carbonyl (C=O) groups is 1. The van der Waals surface area contributed by atoms with Gasteiger partial charge in [0, 0.05) is 75.4 Å². The molecule has 1 amide bonds. The summed E-state index contributed by atoms with van der Waals surface area (Å²) in [5, 5.41) is 6.79. The Bertz CT molecular complexity index is 1180. The monoisotopic (exact) mass is 473 g/mol. The SMILES string of the molecule is O=C(C1CC1)N1CCN(c2ccc(-c3cc4nccnc4c(NCC4CNCCO4)n3)cc2)CC1. The number of morpholine rings is 1. The maximum absolute atomic E-state index is 12.3. The number of carbonyl (C=O) groups excluding carboxylic acids is 1. The predicted octanol–water partition coefficient (Wildman–Crippen LogP) is 2.15. The van der Waals surface area contributed by atoms with E-state index in [1.165, 1.54) is 5.69 Å². The summed E-state index contributed by atoms with van der Waals surface area (Å²) in [7, 11) is 0. The molecule has 1 saturated carbocycles. The Morgan fingerprint density at radius 3 is 2.63 bits per heavy atom. The molecule has 1 aromatic carbocycles. The van der Waals surface area contributed by atoms with E-state index >= 15 is 0 Å². The van der Waals surface area contributed by atoms with E-state index in [4.69, 9.17) is 9.72 Å². The molecule has 1 aliphatic carbocycles. The van der Waals surface area contributed by atoms with Crippen LogP contribution in [-0.4, -0.2) is 84.3 Å². The molecule has 3 aliphatic rings. The Morgan fingerprint density at radius 1 is 1.09 bits per heavy atom. The lowest BCUT2D eigenvalue weighted by Crippen LogP contribution is -2.49. The van der Waals surface area contributed by atoms with Gasteiger partial charge in [0.2, 0.25) is 5.91 Å². The van der Waals surface area contributed by atoms with Crippen molar-refractivity contribution < 1.29 is 9.53 Å². The van der Waals surface area contributed by atoms with Crippen LogP contribution in [0.3, 0.4) is 0 Å². The minimum Gasteiger partial charge on any atom is -0.374 e. The van der Waals surface area contributed by atoms with E-state index in [1.807, 2.05) is 11.0 Å². The molecule has 0 bridgehead atoms. The molecule has 182 valence electrons. The van der Waals surface area contributed by atoms with Crippen molar-refractivity contribution in [2.75, 3.05) is 62.6 Å². The highest BCUT2D eigenvalue weighted by atomic mass is 16.5. The van der Waals surface area contributed by atoms with Gasteiger partial charge in [0.05, 0.1) is 23.9 Å². The molecular weight excluding hydrogens is 442 g/mol. The van der Waals surface area contributed by atoms with Crippen molar-refractivity contribution >= 4 is 28.4 Å². The molecule has 2 saturated heterocycles. The molecule has 2 aromatic heterocycles. The third kappa shape index (κ3) is 4.92. The summed E-state index contributed by atoms with van der Waals surface area (Å²) < 4.78 is 5.82. The van der Waals surface area contributed by atoms with Gasteiger partial charge in [0.15, 0.2) is 5.82 Å². The van der Waals surface area contributed by atoms with Gasteiger partial charge in [0.25, 0.3) is 0 Å². The summed E-state index contributed by atoms with van der Waals surface area (Å²) in [6.07, 6.45) is 5.64. The average Bonchev–Trinajstić information content (AvgIpc) is 3.78. The summed E-state index contributed by atoms with van der Waals surface area (Å²) in [6, 6.07) is 10.5. The normalized spacial score (nSPS) is 20.7. The van der Waals surface area contributed by atoms with Gasteiger partial charge in [-0.2, -0.15) is 0 Å². The van der Waals surface area contributed by atoms with Gasteiger partial charge in [-0.05, 0) is 31.0 Å². The lowest BCUT2D eigenvalue weighted by atomic mass is 10.1. The van der Waals surface area contributed by atoms with Gasteiger partial charge in [-0.25, -0.2) is 9.97 Å². The number of nitrogens with one attached hydrogen (secondary N) is 2. The van der Waals surface area contributed by atoms with Crippen LogP contribution in [0.15, 0.2) is 42.7 Å². The lowest BCUT2D eigenvalue weighted by Gasteiger charge is -2.36. The van der Waals surface area contributed by atoms with Crippen LogP contribution in [0, 0.1) is 5.92 Å². The third-order valence-electron chi connectivity index (χ3n) is 7.00. The van der Waals surface area contributed by atoms with Crippen molar-refractivity contribution in [2.45, 2.75) is 18.9 Å². The summed E-state index contributed by atoms with van der Waals surface area (Å²) in [5.41, 5.74) is 4.63. The molecule has 2 N–H and O–H groups in total. The predicted molar refractivity (Wildman–Crippen MR) is 135 cm³/mol. The van der Waals surface area contributed by atoms with Crippen molar-refractivity contribution in [2.24, 2.45) is 5.92 Å². The fourth-order valence-electron chi connectivity index (χ4n) is 4.82. The average molecular weight is 474 g/mol. The fourth-order valence-corrected chi connectivity index (χ4v) is 4.82. The lowest BCUT2D eigenvalue weighted by molar-refractivity contribution is -0.132. The topological polar surface area (TPSA) is 95.5 Å². The van der Waals surface area contributed by atoms with E-state index in [2.05, 4.69) is 49.8 Å². The van der Waals surface area contributed by atoms with E-state index in [1.54, 1.807) is 12.4 Å².